The second kappa shape index (κ2) is 5.43. The van der Waals surface area contributed by atoms with Crippen molar-refractivity contribution in [3.63, 3.8) is 0 Å². The largest absolute Gasteiger partial charge is 0.395 e. The van der Waals surface area contributed by atoms with E-state index in [2.05, 4.69) is 15.9 Å². The Kier molecular flexibility index (Phi) is 4.24. The number of nitrogens with zero attached hydrogens (tertiary/aromatic N) is 1. The van der Waals surface area contributed by atoms with Crippen LogP contribution < -0.4 is 0 Å². The predicted molar refractivity (Wildman–Crippen MR) is 68.1 cm³/mol. The number of aliphatic hydroxyl groups excluding tert-OH is 1. The van der Waals surface area contributed by atoms with Crippen LogP contribution >= 0.6 is 15.9 Å². The fourth-order valence-electron chi connectivity index (χ4n) is 2.20. The van der Waals surface area contributed by atoms with Crippen LogP contribution in [0.15, 0.2) is 21.5 Å². The molecule has 0 radical (unpaired) electrons. The van der Waals surface area contributed by atoms with Gasteiger partial charge in [0.2, 0.25) is 10.0 Å². The minimum absolute atomic E-state index is 0.159. The SMILES string of the molecule is O=S(=O)(c1c(F)cc(F)cc1Br)N1CCCC1CO. The molecule has 0 aromatic heterocycles. The number of sulfonamides is 1. The van der Waals surface area contributed by atoms with Gasteiger partial charge in [0, 0.05) is 23.1 Å². The van der Waals surface area contributed by atoms with E-state index in [-0.39, 0.29) is 17.6 Å². The molecule has 0 bridgehead atoms. The molecule has 1 N–H and O–H groups in total. The molecule has 1 unspecified atom stereocenters. The molecule has 2 rings (SSSR count). The van der Waals surface area contributed by atoms with Crippen LogP contribution in [-0.4, -0.2) is 37.0 Å². The molecule has 1 heterocycles. The van der Waals surface area contributed by atoms with E-state index >= 15 is 0 Å². The fraction of sp³-hybridized carbons (Fsp3) is 0.455. The van der Waals surface area contributed by atoms with Gasteiger partial charge in [-0.25, -0.2) is 17.2 Å². The minimum Gasteiger partial charge on any atom is -0.395 e. The summed E-state index contributed by atoms with van der Waals surface area (Å²) in [7, 11) is -4.09. The van der Waals surface area contributed by atoms with Crippen molar-refractivity contribution < 1.29 is 22.3 Å². The first kappa shape index (κ1) is 14.8. The topological polar surface area (TPSA) is 57.6 Å². The van der Waals surface area contributed by atoms with Crippen molar-refractivity contribution in [3.05, 3.63) is 28.2 Å². The molecule has 1 fully saturated rings. The quantitative estimate of drug-likeness (QED) is 0.900. The number of rotatable bonds is 3. The first-order valence-corrected chi connectivity index (χ1v) is 7.88. The van der Waals surface area contributed by atoms with Crippen molar-refractivity contribution >= 4 is 26.0 Å². The van der Waals surface area contributed by atoms with Crippen molar-refractivity contribution in [2.45, 2.75) is 23.8 Å². The van der Waals surface area contributed by atoms with E-state index in [1.807, 2.05) is 0 Å². The Morgan fingerprint density at radius 3 is 2.68 bits per heavy atom. The van der Waals surface area contributed by atoms with Crippen LogP contribution in [0.5, 0.6) is 0 Å². The maximum Gasteiger partial charge on any atom is 0.247 e. The standard InChI is InChI=1S/C11H12BrF2NO3S/c12-9-4-7(13)5-10(14)11(9)19(17,18)15-3-1-2-8(15)6-16/h4-5,8,16H,1-3,6H2. The monoisotopic (exact) mass is 355 g/mol. The van der Waals surface area contributed by atoms with E-state index in [1.165, 1.54) is 0 Å². The molecular weight excluding hydrogens is 344 g/mol. The van der Waals surface area contributed by atoms with Crippen LogP contribution in [0.25, 0.3) is 0 Å². The normalized spacial score (nSPS) is 20.9. The molecule has 1 aromatic rings. The third-order valence-corrected chi connectivity index (χ3v) is 5.98. The van der Waals surface area contributed by atoms with Gasteiger partial charge in [-0.3, -0.25) is 0 Å². The summed E-state index contributed by atoms with van der Waals surface area (Å²) in [5.74, 6) is -2.00. The molecule has 8 heteroatoms. The van der Waals surface area contributed by atoms with Gasteiger partial charge >= 0.3 is 0 Å². The van der Waals surface area contributed by atoms with Gasteiger partial charge in [0.1, 0.15) is 16.5 Å². The highest BCUT2D eigenvalue weighted by Crippen LogP contribution is 2.32. The van der Waals surface area contributed by atoms with Crippen molar-refractivity contribution in [1.82, 2.24) is 4.31 Å². The lowest BCUT2D eigenvalue weighted by atomic mass is 10.2. The highest BCUT2D eigenvalue weighted by Gasteiger charge is 2.37. The molecule has 0 saturated carbocycles. The Hall–Kier alpha value is -0.570. The van der Waals surface area contributed by atoms with E-state index in [9.17, 15) is 17.2 Å². The predicted octanol–water partition coefficient (Wildman–Crippen LogP) is 1.87. The van der Waals surface area contributed by atoms with Gasteiger partial charge in [0.15, 0.2) is 0 Å². The molecule has 0 aliphatic carbocycles. The van der Waals surface area contributed by atoms with Crippen LogP contribution in [0.1, 0.15) is 12.8 Å². The highest BCUT2D eigenvalue weighted by atomic mass is 79.9. The van der Waals surface area contributed by atoms with Crippen molar-refractivity contribution in [2.24, 2.45) is 0 Å². The lowest BCUT2D eigenvalue weighted by molar-refractivity contribution is 0.213. The molecule has 1 saturated heterocycles. The molecule has 0 amide bonds. The van der Waals surface area contributed by atoms with Crippen LogP contribution in [0, 0.1) is 11.6 Å². The van der Waals surface area contributed by atoms with Gasteiger partial charge in [0.25, 0.3) is 0 Å². The number of hydrogen-bond donors (Lipinski definition) is 1. The minimum atomic E-state index is -4.09. The Bertz CT molecular complexity index is 571. The van der Waals surface area contributed by atoms with E-state index in [4.69, 9.17) is 5.11 Å². The van der Waals surface area contributed by atoms with E-state index < -0.39 is 32.6 Å². The van der Waals surface area contributed by atoms with Gasteiger partial charge in [-0.2, -0.15) is 4.31 Å². The average Bonchev–Trinajstić information content (AvgIpc) is 2.75. The summed E-state index contributed by atoms with van der Waals surface area (Å²) >= 11 is 2.87. The Labute approximate surface area is 118 Å². The maximum atomic E-state index is 13.8. The maximum absolute atomic E-state index is 13.8. The smallest absolute Gasteiger partial charge is 0.247 e. The fourth-order valence-corrected chi connectivity index (χ4v) is 5.00. The zero-order valence-corrected chi connectivity index (χ0v) is 12.2. The van der Waals surface area contributed by atoms with E-state index in [1.54, 1.807) is 0 Å². The Balaban J connectivity index is 2.51. The van der Waals surface area contributed by atoms with Crippen LogP contribution in [-0.2, 0) is 10.0 Å². The van der Waals surface area contributed by atoms with Gasteiger partial charge < -0.3 is 5.11 Å². The van der Waals surface area contributed by atoms with Crippen LogP contribution in [0.3, 0.4) is 0 Å². The summed E-state index contributed by atoms with van der Waals surface area (Å²) in [6.45, 7) is -0.101. The van der Waals surface area contributed by atoms with Crippen LogP contribution in [0.4, 0.5) is 8.78 Å². The zero-order valence-electron chi connectivity index (χ0n) is 9.81. The second-order valence-corrected chi connectivity index (χ2v) is 6.97. The van der Waals surface area contributed by atoms with Gasteiger partial charge in [0.05, 0.1) is 6.61 Å². The number of hydrogen-bond acceptors (Lipinski definition) is 3. The molecule has 1 aromatic carbocycles. The zero-order chi connectivity index (χ0) is 14.2. The third-order valence-electron chi connectivity index (χ3n) is 3.06. The van der Waals surface area contributed by atoms with Crippen molar-refractivity contribution in [2.75, 3.05) is 13.2 Å². The van der Waals surface area contributed by atoms with Crippen LogP contribution in [0.2, 0.25) is 0 Å². The first-order valence-electron chi connectivity index (χ1n) is 5.65. The van der Waals surface area contributed by atoms with E-state index in [0.717, 1.165) is 10.4 Å². The second-order valence-electron chi connectivity index (χ2n) is 4.29. The van der Waals surface area contributed by atoms with Crippen molar-refractivity contribution in [3.8, 4) is 0 Å². The number of benzene rings is 1. The molecular formula is C11H12BrF2NO3S. The van der Waals surface area contributed by atoms with Gasteiger partial charge in [-0.05, 0) is 34.8 Å². The summed E-state index contributed by atoms with van der Waals surface area (Å²) in [5, 5.41) is 9.16. The van der Waals surface area contributed by atoms with E-state index in [0.29, 0.717) is 18.9 Å². The number of halogens is 3. The summed E-state index contributed by atoms with van der Waals surface area (Å²) in [6, 6.07) is 0.878. The molecule has 1 aliphatic heterocycles. The molecule has 106 valence electrons. The van der Waals surface area contributed by atoms with Crippen molar-refractivity contribution in [1.29, 1.82) is 0 Å². The molecule has 1 aliphatic rings. The third kappa shape index (κ3) is 2.67. The highest BCUT2D eigenvalue weighted by molar-refractivity contribution is 9.10. The lowest BCUT2D eigenvalue weighted by Crippen LogP contribution is -2.38. The molecule has 0 spiro atoms. The van der Waals surface area contributed by atoms with Gasteiger partial charge in [-0.1, -0.05) is 0 Å². The lowest BCUT2D eigenvalue weighted by Gasteiger charge is -2.23. The number of aliphatic hydroxyl groups is 1. The first-order chi connectivity index (χ1) is 8.87. The molecule has 4 nitrogen and oxygen atoms in total. The summed E-state index contributed by atoms with van der Waals surface area (Å²) < 4.78 is 52.4. The molecule has 19 heavy (non-hydrogen) atoms. The van der Waals surface area contributed by atoms with Gasteiger partial charge in [-0.15, -0.1) is 0 Å². The summed E-state index contributed by atoms with van der Waals surface area (Å²) in [4.78, 5) is -0.589. The molecule has 1 atom stereocenters. The average molecular weight is 356 g/mol. The summed E-state index contributed by atoms with van der Waals surface area (Å²) in [5.41, 5.74) is 0. The summed E-state index contributed by atoms with van der Waals surface area (Å²) in [6.07, 6.45) is 1.13. The Morgan fingerprint density at radius 1 is 1.42 bits per heavy atom. The Morgan fingerprint density at radius 2 is 2.11 bits per heavy atom.